The van der Waals surface area contributed by atoms with Crippen molar-refractivity contribution in [3.05, 3.63) is 29.8 Å². The molecule has 2 rings (SSSR count). The topological polar surface area (TPSA) is 102 Å². The number of anilines is 1. The molecule has 112 valence electrons. The van der Waals surface area contributed by atoms with Crippen molar-refractivity contribution in [2.24, 2.45) is 5.73 Å². The molecule has 1 aromatic rings. The van der Waals surface area contributed by atoms with Gasteiger partial charge in [-0.05, 0) is 37.1 Å². The Balaban J connectivity index is 2.03. The van der Waals surface area contributed by atoms with Crippen LogP contribution < -0.4 is 11.1 Å². The SMILES string of the molecule is COC(=O)N1CCCC1C(=O)Nc1ccc(C(N)=O)cc1. The summed E-state index contributed by atoms with van der Waals surface area (Å²) in [7, 11) is 1.29. The van der Waals surface area contributed by atoms with E-state index >= 15 is 0 Å². The van der Waals surface area contributed by atoms with Crippen LogP contribution in [0.25, 0.3) is 0 Å². The number of primary amides is 1. The van der Waals surface area contributed by atoms with E-state index in [1.807, 2.05) is 0 Å². The van der Waals surface area contributed by atoms with Gasteiger partial charge in [0, 0.05) is 17.8 Å². The van der Waals surface area contributed by atoms with Crippen LogP contribution in [0.3, 0.4) is 0 Å². The molecule has 1 saturated heterocycles. The second kappa shape index (κ2) is 6.25. The fourth-order valence-electron chi connectivity index (χ4n) is 2.32. The van der Waals surface area contributed by atoms with Crippen molar-refractivity contribution in [2.75, 3.05) is 19.0 Å². The Morgan fingerprint density at radius 1 is 1.29 bits per heavy atom. The average Bonchev–Trinajstić information content (AvgIpc) is 2.96. The number of methoxy groups -OCH3 is 1. The molecule has 1 aromatic carbocycles. The Labute approximate surface area is 122 Å². The highest BCUT2D eigenvalue weighted by atomic mass is 16.5. The maximum Gasteiger partial charge on any atom is 0.410 e. The van der Waals surface area contributed by atoms with Crippen LogP contribution in [0, 0.1) is 0 Å². The average molecular weight is 291 g/mol. The molecule has 0 spiro atoms. The first-order valence-electron chi connectivity index (χ1n) is 6.58. The van der Waals surface area contributed by atoms with Crippen molar-refractivity contribution >= 4 is 23.6 Å². The van der Waals surface area contributed by atoms with E-state index < -0.39 is 18.0 Å². The minimum atomic E-state index is -0.534. The molecule has 0 bridgehead atoms. The number of likely N-dealkylation sites (tertiary alicyclic amines) is 1. The van der Waals surface area contributed by atoms with Crippen molar-refractivity contribution in [1.29, 1.82) is 0 Å². The summed E-state index contributed by atoms with van der Waals surface area (Å²) >= 11 is 0. The third kappa shape index (κ3) is 3.31. The number of ether oxygens (including phenoxy) is 1. The van der Waals surface area contributed by atoms with Gasteiger partial charge in [0.25, 0.3) is 0 Å². The van der Waals surface area contributed by atoms with Crippen molar-refractivity contribution < 1.29 is 19.1 Å². The highest BCUT2D eigenvalue weighted by Gasteiger charge is 2.34. The summed E-state index contributed by atoms with van der Waals surface area (Å²) in [4.78, 5) is 36.2. The van der Waals surface area contributed by atoms with E-state index in [4.69, 9.17) is 5.73 Å². The van der Waals surface area contributed by atoms with Gasteiger partial charge >= 0.3 is 6.09 Å². The van der Waals surface area contributed by atoms with Gasteiger partial charge in [0.2, 0.25) is 11.8 Å². The number of hydrogen-bond acceptors (Lipinski definition) is 4. The molecular weight excluding hydrogens is 274 g/mol. The summed E-state index contributed by atoms with van der Waals surface area (Å²) in [5, 5.41) is 2.72. The highest BCUT2D eigenvalue weighted by molar-refractivity contribution is 5.98. The van der Waals surface area contributed by atoms with E-state index in [1.54, 1.807) is 12.1 Å². The third-order valence-electron chi connectivity index (χ3n) is 3.40. The van der Waals surface area contributed by atoms with Crippen molar-refractivity contribution in [3.63, 3.8) is 0 Å². The van der Waals surface area contributed by atoms with Crippen LogP contribution in [0.5, 0.6) is 0 Å². The number of nitrogens with one attached hydrogen (secondary N) is 1. The van der Waals surface area contributed by atoms with E-state index in [2.05, 4.69) is 10.1 Å². The lowest BCUT2D eigenvalue weighted by Crippen LogP contribution is -2.43. The quantitative estimate of drug-likeness (QED) is 0.865. The predicted molar refractivity (Wildman–Crippen MR) is 75.7 cm³/mol. The molecular formula is C14H17N3O4. The summed E-state index contributed by atoms with van der Waals surface area (Å²) in [6.45, 7) is 0.505. The first-order chi connectivity index (χ1) is 10.0. The van der Waals surface area contributed by atoms with Gasteiger partial charge in [-0.2, -0.15) is 0 Å². The van der Waals surface area contributed by atoms with E-state index in [0.29, 0.717) is 24.2 Å². The van der Waals surface area contributed by atoms with Crippen LogP contribution in [0.15, 0.2) is 24.3 Å². The van der Waals surface area contributed by atoms with Crippen molar-refractivity contribution in [2.45, 2.75) is 18.9 Å². The Morgan fingerprint density at radius 3 is 2.52 bits per heavy atom. The molecule has 1 fully saturated rings. The standard InChI is InChI=1S/C14H17N3O4/c1-21-14(20)17-8-2-3-11(17)13(19)16-10-6-4-9(5-7-10)12(15)18/h4-7,11H,2-3,8H2,1H3,(H2,15,18)(H,16,19). The minimum Gasteiger partial charge on any atom is -0.453 e. The molecule has 1 atom stereocenters. The van der Waals surface area contributed by atoms with Crippen LogP contribution in [-0.4, -0.2) is 42.5 Å². The van der Waals surface area contributed by atoms with Crippen molar-refractivity contribution in [3.8, 4) is 0 Å². The van der Waals surface area contributed by atoms with Gasteiger partial charge in [0.05, 0.1) is 7.11 Å². The zero-order valence-electron chi connectivity index (χ0n) is 11.7. The number of carbonyl (C=O) groups is 3. The molecule has 0 aromatic heterocycles. The summed E-state index contributed by atoms with van der Waals surface area (Å²) in [6.07, 6.45) is 0.852. The Morgan fingerprint density at radius 2 is 1.95 bits per heavy atom. The van der Waals surface area contributed by atoms with Crippen LogP contribution in [0.4, 0.5) is 10.5 Å². The van der Waals surface area contributed by atoms with Crippen LogP contribution >= 0.6 is 0 Å². The van der Waals surface area contributed by atoms with Crippen LogP contribution in [0.1, 0.15) is 23.2 Å². The summed E-state index contributed by atoms with van der Waals surface area (Å²) < 4.78 is 4.66. The molecule has 1 unspecified atom stereocenters. The normalized spacial score (nSPS) is 17.4. The second-order valence-corrected chi connectivity index (χ2v) is 4.75. The van der Waals surface area contributed by atoms with Gasteiger partial charge in [0.1, 0.15) is 6.04 Å². The fraction of sp³-hybridized carbons (Fsp3) is 0.357. The molecule has 7 heteroatoms. The van der Waals surface area contributed by atoms with Crippen LogP contribution in [0.2, 0.25) is 0 Å². The second-order valence-electron chi connectivity index (χ2n) is 4.75. The number of amides is 3. The zero-order chi connectivity index (χ0) is 15.4. The van der Waals surface area contributed by atoms with E-state index in [9.17, 15) is 14.4 Å². The number of benzene rings is 1. The highest BCUT2D eigenvalue weighted by Crippen LogP contribution is 2.20. The molecule has 0 aliphatic carbocycles. The first-order valence-corrected chi connectivity index (χ1v) is 6.58. The van der Waals surface area contributed by atoms with Crippen molar-refractivity contribution in [1.82, 2.24) is 4.90 Å². The summed E-state index contributed by atoms with van der Waals surface area (Å²) in [5.41, 5.74) is 6.06. The van der Waals surface area contributed by atoms with Gasteiger partial charge in [-0.25, -0.2) is 4.79 Å². The van der Waals surface area contributed by atoms with Gasteiger partial charge in [-0.15, -0.1) is 0 Å². The third-order valence-corrected chi connectivity index (χ3v) is 3.40. The maximum atomic E-state index is 12.2. The number of carbonyl (C=O) groups excluding carboxylic acids is 3. The zero-order valence-corrected chi connectivity index (χ0v) is 11.7. The number of nitrogens with two attached hydrogens (primary N) is 1. The number of rotatable bonds is 3. The summed E-state index contributed by atoms with van der Waals surface area (Å²) in [6, 6.07) is 5.72. The number of nitrogens with zero attached hydrogens (tertiary/aromatic N) is 1. The van der Waals surface area contributed by atoms with E-state index in [1.165, 1.54) is 24.1 Å². The van der Waals surface area contributed by atoms with Gasteiger partial charge in [0.15, 0.2) is 0 Å². The fourth-order valence-corrected chi connectivity index (χ4v) is 2.32. The minimum absolute atomic E-state index is 0.273. The maximum absolute atomic E-state index is 12.2. The molecule has 21 heavy (non-hydrogen) atoms. The van der Waals surface area contributed by atoms with Crippen LogP contribution in [-0.2, 0) is 9.53 Å². The molecule has 7 nitrogen and oxygen atoms in total. The molecule has 0 radical (unpaired) electrons. The van der Waals surface area contributed by atoms with E-state index in [0.717, 1.165) is 6.42 Å². The lowest BCUT2D eigenvalue weighted by atomic mass is 10.1. The Hall–Kier alpha value is -2.57. The molecule has 3 amide bonds. The molecule has 1 aliphatic rings. The first kappa shape index (κ1) is 14.8. The number of hydrogen-bond donors (Lipinski definition) is 2. The summed E-state index contributed by atoms with van der Waals surface area (Å²) in [5.74, 6) is -0.801. The Bertz CT molecular complexity index is 556. The van der Waals surface area contributed by atoms with E-state index in [-0.39, 0.29) is 5.91 Å². The molecule has 1 heterocycles. The largest absolute Gasteiger partial charge is 0.453 e. The molecule has 3 N–H and O–H groups in total. The molecule has 1 aliphatic heterocycles. The lowest BCUT2D eigenvalue weighted by Gasteiger charge is -2.22. The van der Waals surface area contributed by atoms with Gasteiger partial charge in [-0.3, -0.25) is 14.5 Å². The monoisotopic (exact) mass is 291 g/mol. The lowest BCUT2D eigenvalue weighted by molar-refractivity contribution is -0.119. The Kier molecular flexibility index (Phi) is 4.42. The predicted octanol–water partition coefficient (Wildman–Crippen LogP) is 0.955. The molecule has 0 saturated carbocycles. The van der Waals surface area contributed by atoms with Gasteiger partial charge < -0.3 is 15.8 Å². The van der Waals surface area contributed by atoms with Gasteiger partial charge in [-0.1, -0.05) is 0 Å². The smallest absolute Gasteiger partial charge is 0.410 e.